The molecule has 0 radical (unpaired) electrons. The zero-order chi connectivity index (χ0) is 17.6. The van der Waals surface area contributed by atoms with Crippen molar-refractivity contribution in [3.05, 3.63) is 12.3 Å². The van der Waals surface area contributed by atoms with Crippen molar-refractivity contribution in [2.45, 2.75) is 77.6 Å². The van der Waals surface area contributed by atoms with Crippen LogP contribution in [0.3, 0.4) is 0 Å². The number of carbonyl (C=O) groups excluding carboxylic acids is 2. The molecule has 1 aliphatic rings. The number of ether oxygens (including phenoxy) is 2. The third-order valence-corrected chi connectivity index (χ3v) is 4.82. The van der Waals surface area contributed by atoms with Crippen molar-refractivity contribution in [2.24, 2.45) is 11.8 Å². The number of rotatable bonds is 13. The smallest absolute Gasteiger partial charge is 0.305 e. The summed E-state index contributed by atoms with van der Waals surface area (Å²) in [7, 11) is 1.43. The molecule has 0 aromatic rings. The summed E-state index contributed by atoms with van der Waals surface area (Å²) in [5.41, 5.74) is 0. The Morgan fingerprint density at radius 3 is 2.71 bits per heavy atom. The summed E-state index contributed by atoms with van der Waals surface area (Å²) in [6.07, 6.45) is 14.6. The van der Waals surface area contributed by atoms with E-state index in [1.807, 2.05) is 6.26 Å². The van der Waals surface area contributed by atoms with Crippen LogP contribution in [0, 0.1) is 11.8 Å². The zero-order valence-electron chi connectivity index (χ0n) is 15.4. The van der Waals surface area contributed by atoms with Crippen LogP contribution < -0.4 is 0 Å². The van der Waals surface area contributed by atoms with Gasteiger partial charge in [-0.1, -0.05) is 39.0 Å². The molecule has 0 heterocycles. The Labute approximate surface area is 147 Å². The SMILES string of the molecule is CCCCCO/C=C/C1CCC(=O)[C@@H]1CCCCCCC(=O)OC. The first-order valence-corrected chi connectivity index (χ1v) is 9.56. The van der Waals surface area contributed by atoms with Gasteiger partial charge < -0.3 is 9.47 Å². The predicted octanol–water partition coefficient (Wildman–Crippen LogP) is 4.82. The summed E-state index contributed by atoms with van der Waals surface area (Å²) < 4.78 is 10.2. The van der Waals surface area contributed by atoms with Crippen molar-refractivity contribution in [3.63, 3.8) is 0 Å². The van der Waals surface area contributed by atoms with Crippen molar-refractivity contribution in [1.29, 1.82) is 0 Å². The van der Waals surface area contributed by atoms with Gasteiger partial charge in [-0.3, -0.25) is 9.59 Å². The van der Waals surface area contributed by atoms with Crippen LogP contribution in [-0.2, 0) is 19.1 Å². The molecular weight excluding hydrogens is 304 g/mol. The highest BCUT2D eigenvalue weighted by molar-refractivity contribution is 5.83. The third kappa shape index (κ3) is 8.51. The van der Waals surface area contributed by atoms with Crippen LogP contribution >= 0.6 is 0 Å². The minimum atomic E-state index is -0.134. The quantitative estimate of drug-likeness (QED) is 0.274. The summed E-state index contributed by atoms with van der Waals surface area (Å²) in [5, 5.41) is 0. The first-order valence-electron chi connectivity index (χ1n) is 9.56. The summed E-state index contributed by atoms with van der Waals surface area (Å²) in [6.45, 7) is 2.95. The van der Waals surface area contributed by atoms with Crippen molar-refractivity contribution in [3.8, 4) is 0 Å². The molecule has 138 valence electrons. The molecule has 24 heavy (non-hydrogen) atoms. The Bertz CT molecular complexity index is 389. The van der Waals surface area contributed by atoms with E-state index in [0.29, 0.717) is 24.5 Å². The van der Waals surface area contributed by atoms with Crippen LogP contribution in [0.2, 0.25) is 0 Å². The Balaban J connectivity index is 2.17. The average Bonchev–Trinajstić information content (AvgIpc) is 2.94. The molecule has 0 bridgehead atoms. The molecule has 4 heteroatoms. The van der Waals surface area contributed by atoms with Gasteiger partial charge in [0.25, 0.3) is 0 Å². The van der Waals surface area contributed by atoms with Gasteiger partial charge >= 0.3 is 5.97 Å². The van der Waals surface area contributed by atoms with Gasteiger partial charge in [0.15, 0.2) is 0 Å². The van der Waals surface area contributed by atoms with Crippen molar-refractivity contribution >= 4 is 11.8 Å². The van der Waals surface area contributed by atoms with Crippen molar-refractivity contribution in [1.82, 2.24) is 0 Å². The second-order valence-corrected chi connectivity index (χ2v) is 6.71. The maximum atomic E-state index is 12.1. The molecule has 0 saturated heterocycles. The van der Waals surface area contributed by atoms with E-state index in [2.05, 4.69) is 17.7 Å². The largest absolute Gasteiger partial charge is 0.502 e. The Morgan fingerprint density at radius 2 is 1.96 bits per heavy atom. The second-order valence-electron chi connectivity index (χ2n) is 6.71. The standard InChI is InChI=1S/C20H34O4/c1-3-4-9-15-24-16-14-17-12-13-19(21)18(17)10-7-5-6-8-11-20(22)23-2/h14,16-18H,3-13,15H2,1-2H3/b16-14+/t17?,18-/m1/s1. The lowest BCUT2D eigenvalue weighted by atomic mass is 9.90. The molecule has 0 spiro atoms. The number of hydrogen-bond donors (Lipinski definition) is 0. The van der Waals surface area contributed by atoms with Gasteiger partial charge in [-0.25, -0.2) is 0 Å². The third-order valence-electron chi connectivity index (χ3n) is 4.82. The summed E-state index contributed by atoms with van der Waals surface area (Å²) in [4.78, 5) is 23.1. The highest BCUT2D eigenvalue weighted by atomic mass is 16.5. The van der Waals surface area contributed by atoms with Gasteiger partial charge in [-0.2, -0.15) is 0 Å². The summed E-state index contributed by atoms with van der Waals surface area (Å²) >= 11 is 0. The fraction of sp³-hybridized carbons (Fsp3) is 0.800. The minimum Gasteiger partial charge on any atom is -0.502 e. The zero-order valence-corrected chi connectivity index (χ0v) is 15.4. The molecule has 4 nitrogen and oxygen atoms in total. The number of carbonyl (C=O) groups is 2. The molecule has 1 unspecified atom stereocenters. The highest BCUT2D eigenvalue weighted by Crippen LogP contribution is 2.33. The Kier molecular flexibility index (Phi) is 11.2. The van der Waals surface area contributed by atoms with Gasteiger partial charge in [-0.15, -0.1) is 0 Å². The van der Waals surface area contributed by atoms with Gasteiger partial charge in [0, 0.05) is 18.8 Å². The predicted molar refractivity (Wildman–Crippen MR) is 95.6 cm³/mol. The van der Waals surface area contributed by atoms with E-state index in [9.17, 15) is 9.59 Å². The van der Waals surface area contributed by atoms with E-state index >= 15 is 0 Å². The lowest BCUT2D eigenvalue weighted by Gasteiger charge is -2.14. The molecule has 0 N–H and O–H groups in total. The van der Waals surface area contributed by atoms with Crippen LogP contribution in [0.25, 0.3) is 0 Å². The maximum Gasteiger partial charge on any atom is 0.305 e. The lowest BCUT2D eigenvalue weighted by Crippen LogP contribution is -2.13. The molecule has 0 aliphatic heterocycles. The number of esters is 1. The summed E-state index contributed by atoms with van der Waals surface area (Å²) in [6, 6.07) is 0. The molecule has 1 saturated carbocycles. The molecule has 0 aromatic heterocycles. The molecule has 1 rings (SSSR count). The molecule has 1 fully saturated rings. The fourth-order valence-corrected chi connectivity index (χ4v) is 3.29. The minimum absolute atomic E-state index is 0.134. The second kappa shape index (κ2) is 13.0. The van der Waals surface area contributed by atoms with Crippen LogP contribution in [0.1, 0.15) is 77.6 Å². The van der Waals surface area contributed by atoms with E-state index in [1.165, 1.54) is 20.0 Å². The topological polar surface area (TPSA) is 52.6 Å². The number of allylic oxidation sites excluding steroid dienone is 1. The van der Waals surface area contributed by atoms with Crippen LogP contribution in [0.5, 0.6) is 0 Å². The molecule has 0 aromatic carbocycles. The van der Waals surface area contributed by atoms with Crippen LogP contribution in [0.15, 0.2) is 12.3 Å². The van der Waals surface area contributed by atoms with Gasteiger partial charge in [0.1, 0.15) is 5.78 Å². The number of methoxy groups -OCH3 is 1. The van der Waals surface area contributed by atoms with Gasteiger partial charge in [-0.05, 0) is 37.7 Å². The molecular formula is C20H34O4. The molecule has 2 atom stereocenters. The number of hydrogen-bond acceptors (Lipinski definition) is 4. The van der Waals surface area contributed by atoms with E-state index in [-0.39, 0.29) is 11.9 Å². The normalized spacial score (nSPS) is 20.7. The average molecular weight is 338 g/mol. The number of Topliss-reactive ketones (excluding diaryl/α,β-unsaturated/α-hetero) is 1. The molecule has 0 amide bonds. The van der Waals surface area contributed by atoms with Crippen LogP contribution in [-0.4, -0.2) is 25.5 Å². The lowest BCUT2D eigenvalue weighted by molar-refractivity contribution is -0.140. The maximum absolute atomic E-state index is 12.1. The summed E-state index contributed by atoms with van der Waals surface area (Å²) in [5.74, 6) is 0.787. The van der Waals surface area contributed by atoms with E-state index in [4.69, 9.17) is 4.74 Å². The van der Waals surface area contributed by atoms with Gasteiger partial charge in [0.05, 0.1) is 20.0 Å². The Morgan fingerprint density at radius 1 is 1.17 bits per heavy atom. The first kappa shape index (κ1) is 20.7. The fourth-order valence-electron chi connectivity index (χ4n) is 3.29. The molecule has 1 aliphatic carbocycles. The van der Waals surface area contributed by atoms with Crippen molar-refractivity contribution < 1.29 is 19.1 Å². The Hall–Kier alpha value is -1.32. The van der Waals surface area contributed by atoms with Gasteiger partial charge in [0.2, 0.25) is 0 Å². The van der Waals surface area contributed by atoms with Crippen molar-refractivity contribution in [2.75, 3.05) is 13.7 Å². The highest BCUT2D eigenvalue weighted by Gasteiger charge is 2.32. The number of ketones is 1. The van der Waals surface area contributed by atoms with E-state index in [1.54, 1.807) is 0 Å². The van der Waals surface area contributed by atoms with E-state index < -0.39 is 0 Å². The first-order chi connectivity index (χ1) is 11.7. The number of unbranched alkanes of at least 4 members (excludes halogenated alkanes) is 5. The van der Waals surface area contributed by atoms with E-state index in [0.717, 1.165) is 51.6 Å². The monoisotopic (exact) mass is 338 g/mol. The van der Waals surface area contributed by atoms with Crippen LogP contribution in [0.4, 0.5) is 0 Å².